The SMILES string of the molecule is Cc1noc(C)c1-c1cnc(CC2CCN(S(=O)(=O)c3ccccc3)C2)cn1. The summed E-state index contributed by atoms with van der Waals surface area (Å²) < 4.78 is 32.3. The first-order valence-corrected chi connectivity index (χ1v) is 10.7. The molecule has 1 aliphatic rings. The maximum Gasteiger partial charge on any atom is 0.243 e. The summed E-state index contributed by atoms with van der Waals surface area (Å²) in [5.41, 5.74) is 3.26. The summed E-state index contributed by atoms with van der Waals surface area (Å²) in [6.45, 7) is 4.77. The van der Waals surface area contributed by atoms with Crippen molar-refractivity contribution in [2.24, 2.45) is 5.92 Å². The zero-order valence-electron chi connectivity index (χ0n) is 15.9. The van der Waals surface area contributed by atoms with Gasteiger partial charge in [-0.15, -0.1) is 0 Å². The Hall–Kier alpha value is -2.58. The molecule has 0 radical (unpaired) electrons. The van der Waals surface area contributed by atoms with Crippen molar-refractivity contribution < 1.29 is 12.9 Å². The van der Waals surface area contributed by atoms with Gasteiger partial charge in [-0.1, -0.05) is 23.4 Å². The number of rotatable bonds is 5. The van der Waals surface area contributed by atoms with E-state index in [0.717, 1.165) is 34.8 Å². The highest BCUT2D eigenvalue weighted by Crippen LogP contribution is 2.27. The fourth-order valence-corrected chi connectivity index (χ4v) is 5.21. The molecule has 146 valence electrons. The largest absolute Gasteiger partial charge is 0.361 e. The highest BCUT2D eigenvalue weighted by Gasteiger charge is 2.32. The van der Waals surface area contributed by atoms with E-state index in [9.17, 15) is 8.42 Å². The Kier molecular flexibility index (Phi) is 4.99. The van der Waals surface area contributed by atoms with Gasteiger partial charge < -0.3 is 4.52 Å². The minimum atomic E-state index is -3.43. The van der Waals surface area contributed by atoms with Crippen molar-refractivity contribution in [1.82, 2.24) is 19.4 Å². The van der Waals surface area contributed by atoms with E-state index in [2.05, 4.69) is 15.1 Å². The standard InChI is InChI=1S/C20H22N4O3S/c1-14-20(15(2)27-23-14)19-12-21-17(11-22-19)10-16-8-9-24(13-16)28(25,26)18-6-4-3-5-7-18/h3-7,11-12,16H,8-10,13H2,1-2H3. The fraction of sp³-hybridized carbons (Fsp3) is 0.350. The van der Waals surface area contributed by atoms with Crippen LogP contribution < -0.4 is 0 Å². The summed E-state index contributed by atoms with van der Waals surface area (Å²) >= 11 is 0. The van der Waals surface area contributed by atoms with E-state index in [1.807, 2.05) is 19.9 Å². The second-order valence-electron chi connectivity index (χ2n) is 7.13. The van der Waals surface area contributed by atoms with Crippen molar-refractivity contribution in [3.63, 3.8) is 0 Å². The number of hydrogen-bond acceptors (Lipinski definition) is 6. The van der Waals surface area contributed by atoms with Crippen LogP contribution in [-0.2, 0) is 16.4 Å². The molecule has 0 aliphatic carbocycles. The van der Waals surface area contributed by atoms with Crippen LogP contribution >= 0.6 is 0 Å². The third-order valence-corrected chi connectivity index (χ3v) is 7.00. The smallest absolute Gasteiger partial charge is 0.243 e. The van der Waals surface area contributed by atoms with Gasteiger partial charge in [0.2, 0.25) is 10.0 Å². The van der Waals surface area contributed by atoms with Gasteiger partial charge in [0, 0.05) is 19.3 Å². The average molecular weight is 398 g/mol. The van der Waals surface area contributed by atoms with Crippen LogP contribution in [0, 0.1) is 19.8 Å². The molecule has 0 saturated carbocycles. The lowest BCUT2D eigenvalue weighted by molar-refractivity contribution is 0.393. The Morgan fingerprint density at radius 1 is 1.14 bits per heavy atom. The van der Waals surface area contributed by atoms with Gasteiger partial charge in [0.15, 0.2) is 0 Å². The molecular formula is C20H22N4O3S. The minimum Gasteiger partial charge on any atom is -0.361 e. The van der Waals surface area contributed by atoms with Crippen LogP contribution in [0.15, 0.2) is 52.1 Å². The number of nitrogens with zero attached hydrogens (tertiary/aromatic N) is 4. The molecule has 0 bridgehead atoms. The summed E-state index contributed by atoms with van der Waals surface area (Å²) in [7, 11) is -3.43. The van der Waals surface area contributed by atoms with Crippen molar-refractivity contribution in [2.45, 2.75) is 31.6 Å². The van der Waals surface area contributed by atoms with Crippen LogP contribution in [0.4, 0.5) is 0 Å². The van der Waals surface area contributed by atoms with Crippen LogP contribution in [0.2, 0.25) is 0 Å². The van der Waals surface area contributed by atoms with E-state index in [0.29, 0.717) is 24.4 Å². The fourth-order valence-electron chi connectivity index (χ4n) is 3.66. The number of aromatic nitrogens is 3. The minimum absolute atomic E-state index is 0.234. The van der Waals surface area contributed by atoms with Crippen molar-refractivity contribution in [3.8, 4) is 11.3 Å². The molecule has 8 heteroatoms. The maximum atomic E-state index is 12.8. The first-order valence-electron chi connectivity index (χ1n) is 9.24. The van der Waals surface area contributed by atoms with Gasteiger partial charge in [0.25, 0.3) is 0 Å². The lowest BCUT2D eigenvalue weighted by atomic mass is 10.0. The summed E-state index contributed by atoms with van der Waals surface area (Å²) in [4.78, 5) is 9.38. The molecule has 1 saturated heterocycles. The zero-order chi connectivity index (χ0) is 19.7. The molecule has 3 heterocycles. The number of aryl methyl sites for hydroxylation is 2. The molecule has 0 N–H and O–H groups in total. The van der Waals surface area contributed by atoms with Crippen LogP contribution in [0.5, 0.6) is 0 Å². The predicted molar refractivity (Wildman–Crippen MR) is 104 cm³/mol. The van der Waals surface area contributed by atoms with Crippen molar-refractivity contribution in [1.29, 1.82) is 0 Å². The van der Waals surface area contributed by atoms with Crippen molar-refractivity contribution in [3.05, 3.63) is 59.9 Å². The number of sulfonamides is 1. The van der Waals surface area contributed by atoms with Gasteiger partial charge in [-0.3, -0.25) is 9.97 Å². The van der Waals surface area contributed by atoms with Crippen LogP contribution in [-0.4, -0.2) is 40.9 Å². The van der Waals surface area contributed by atoms with Crippen LogP contribution in [0.3, 0.4) is 0 Å². The third kappa shape index (κ3) is 3.57. The molecule has 2 aromatic heterocycles. The molecule has 1 atom stereocenters. The second-order valence-corrected chi connectivity index (χ2v) is 9.07. The van der Waals surface area contributed by atoms with E-state index in [4.69, 9.17) is 4.52 Å². The van der Waals surface area contributed by atoms with Gasteiger partial charge >= 0.3 is 0 Å². The molecule has 3 aromatic rings. The molecule has 0 spiro atoms. The predicted octanol–water partition coefficient (Wildman–Crippen LogP) is 3.00. The second kappa shape index (κ2) is 7.44. The highest BCUT2D eigenvalue weighted by molar-refractivity contribution is 7.89. The molecule has 4 rings (SSSR count). The van der Waals surface area contributed by atoms with Gasteiger partial charge in [0.05, 0.1) is 33.7 Å². The quantitative estimate of drug-likeness (QED) is 0.656. The molecule has 1 fully saturated rings. The lowest BCUT2D eigenvalue weighted by Gasteiger charge is -2.16. The van der Waals surface area contributed by atoms with Gasteiger partial charge in [-0.05, 0) is 44.7 Å². The molecule has 28 heavy (non-hydrogen) atoms. The van der Waals surface area contributed by atoms with E-state index >= 15 is 0 Å². The molecular weight excluding hydrogens is 376 g/mol. The highest BCUT2D eigenvalue weighted by atomic mass is 32.2. The van der Waals surface area contributed by atoms with Crippen LogP contribution in [0.25, 0.3) is 11.3 Å². The Labute approximate surface area is 164 Å². The summed E-state index contributed by atoms with van der Waals surface area (Å²) in [5, 5.41) is 3.95. The lowest BCUT2D eigenvalue weighted by Crippen LogP contribution is -2.29. The van der Waals surface area contributed by atoms with E-state index in [1.165, 1.54) is 0 Å². The summed E-state index contributed by atoms with van der Waals surface area (Å²) in [6, 6.07) is 8.59. The van der Waals surface area contributed by atoms with Crippen molar-refractivity contribution >= 4 is 10.0 Å². The third-order valence-electron chi connectivity index (χ3n) is 5.12. The first kappa shape index (κ1) is 18.8. The molecule has 1 aliphatic heterocycles. The monoisotopic (exact) mass is 398 g/mol. The summed E-state index contributed by atoms with van der Waals surface area (Å²) in [5.74, 6) is 0.954. The van der Waals surface area contributed by atoms with E-state index in [-0.39, 0.29) is 5.92 Å². The van der Waals surface area contributed by atoms with Gasteiger partial charge in [-0.25, -0.2) is 8.42 Å². The Bertz CT molecular complexity index is 1040. The normalized spacial score (nSPS) is 17.9. The van der Waals surface area contributed by atoms with Crippen LogP contribution in [0.1, 0.15) is 23.6 Å². The van der Waals surface area contributed by atoms with E-state index in [1.54, 1.807) is 41.0 Å². The van der Waals surface area contributed by atoms with Crippen molar-refractivity contribution in [2.75, 3.05) is 13.1 Å². The number of benzene rings is 1. The van der Waals surface area contributed by atoms with Gasteiger partial charge in [-0.2, -0.15) is 4.31 Å². The molecule has 1 unspecified atom stereocenters. The average Bonchev–Trinajstić information content (AvgIpc) is 3.30. The Morgan fingerprint density at radius 3 is 2.57 bits per heavy atom. The Morgan fingerprint density at radius 2 is 1.93 bits per heavy atom. The summed E-state index contributed by atoms with van der Waals surface area (Å²) in [6.07, 6.45) is 5.01. The molecule has 7 nitrogen and oxygen atoms in total. The maximum absolute atomic E-state index is 12.8. The van der Waals surface area contributed by atoms with E-state index < -0.39 is 10.0 Å². The molecule has 0 amide bonds. The number of hydrogen-bond donors (Lipinski definition) is 0. The topological polar surface area (TPSA) is 89.2 Å². The molecule has 1 aromatic carbocycles. The Balaban J connectivity index is 1.43. The van der Waals surface area contributed by atoms with Gasteiger partial charge in [0.1, 0.15) is 5.76 Å². The first-order chi connectivity index (χ1) is 13.4. The zero-order valence-corrected chi connectivity index (χ0v) is 16.7.